The summed E-state index contributed by atoms with van der Waals surface area (Å²) >= 11 is 1.81. The van der Waals surface area contributed by atoms with Gasteiger partial charge in [-0.15, -0.1) is 11.3 Å². The summed E-state index contributed by atoms with van der Waals surface area (Å²) in [5.41, 5.74) is 8.77. The summed E-state index contributed by atoms with van der Waals surface area (Å²) in [7, 11) is 0. The fraction of sp³-hybridized carbons (Fsp3) is 0.0256. The van der Waals surface area contributed by atoms with Crippen LogP contribution < -0.4 is 0 Å². The van der Waals surface area contributed by atoms with Crippen molar-refractivity contribution in [2.75, 3.05) is 0 Å². The lowest BCUT2D eigenvalue weighted by atomic mass is 9.85. The number of allylic oxidation sites excluding steroid dienone is 1. The van der Waals surface area contributed by atoms with Crippen LogP contribution >= 0.6 is 11.3 Å². The van der Waals surface area contributed by atoms with E-state index < -0.39 is 0 Å². The second-order valence-electron chi connectivity index (χ2n) is 10.1. The zero-order valence-electron chi connectivity index (χ0n) is 22.4. The first-order valence-corrected chi connectivity index (χ1v) is 14.5. The van der Waals surface area contributed by atoms with Crippen molar-refractivity contribution >= 4 is 55.1 Å². The molecular weight excluding hydrogens is 500 g/mol. The molecule has 0 saturated heterocycles. The molecule has 6 aromatic carbocycles. The molecule has 0 saturated carbocycles. The molecule has 0 aliphatic rings. The maximum absolute atomic E-state index is 4.07. The minimum Gasteiger partial charge on any atom is -0.135 e. The SMILES string of the molecule is C=Cc1sc2cc(-c3c4ccccc4c(-c4cccc(-c5ccccc5)c4)c4ccccc34)ccc2c1/C=C\C. The first-order valence-electron chi connectivity index (χ1n) is 13.7. The van der Waals surface area contributed by atoms with E-state index in [9.17, 15) is 0 Å². The molecule has 0 amide bonds. The molecule has 7 aromatic rings. The van der Waals surface area contributed by atoms with Crippen LogP contribution in [0.4, 0.5) is 0 Å². The van der Waals surface area contributed by atoms with E-state index in [-0.39, 0.29) is 0 Å². The topological polar surface area (TPSA) is 0 Å². The van der Waals surface area contributed by atoms with Crippen molar-refractivity contribution in [2.24, 2.45) is 0 Å². The summed E-state index contributed by atoms with van der Waals surface area (Å²) in [4.78, 5) is 1.22. The lowest BCUT2D eigenvalue weighted by Gasteiger charge is -2.18. The molecule has 1 aromatic heterocycles. The van der Waals surface area contributed by atoms with Gasteiger partial charge < -0.3 is 0 Å². The predicted octanol–water partition coefficient (Wildman–Crippen LogP) is 11.9. The molecule has 0 unspecified atom stereocenters. The van der Waals surface area contributed by atoms with Gasteiger partial charge in [-0.2, -0.15) is 0 Å². The van der Waals surface area contributed by atoms with Crippen LogP contribution in [0.3, 0.4) is 0 Å². The lowest BCUT2D eigenvalue weighted by Crippen LogP contribution is -1.91. The largest absolute Gasteiger partial charge is 0.135 e. The van der Waals surface area contributed by atoms with Crippen LogP contribution in [0.1, 0.15) is 17.4 Å². The Labute approximate surface area is 239 Å². The van der Waals surface area contributed by atoms with Crippen LogP contribution in [0.15, 0.2) is 134 Å². The van der Waals surface area contributed by atoms with Crippen molar-refractivity contribution in [1.82, 2.24) is 0 Å². The van der Waals surface area contributed by atoms with E-state index in [4.69, 9.17) is 0 Å². The number of thiophene rings is 1. The molecule has 0 aliphatic carbocycles. The summed E-state index contributed by atoms with van der Waals surface area (Å²) < 4.78 is 1.29. The van der Waals surface area contributed by atoms with Crippen LogP contribution in [0.5, 0.6) is 0 Å². The molecule has 0 spiro atoms. The number of benzene rings is 6. The second kappa shape index (κ2) is 10.1. The Balaban J connectivity index is 1.52. The van der Waals surface area contributed by atoms with Gasteiger partial charge in [-0.05, 0) is 79.5 Å². The normalized spacial score (nSPS) is 11.6. The highest BCUT2D eigenvalue weighted by atomic mass is 32.1. The van der Waals surface area contributed by atoms with Gasteiger partial charge in [0.15, 0.2) is 0 Å². The van der Waals surface area contributed by atoms with E-state index in [1.54, 1.807) is 0 Å². The average Bonchev–Trinajstić information content (AvgIpc) is 3.37. The van der Waals surface area contributed by atoms with Gasteiger partial charge in [-0.1, -0.05) is 134 Å². The first kappa shape index (κ1) is 24.3. The minimum absolute atomic E-state index is 1.22. The predicted molar refractivity (Wildman–Crippen MR) is 178 cm³/mol. The third-order valence-electron chi connectivity index (χ3n) is 7.75. The van der Waals surface area contributed by atoms with Crippen molar-refractivity contribution < 1.29 is 0 Å². The smallest absolute Gasteiger partial charge is 0.0361 e. The maximum Gasteiger partial charge on any atom is 0.0361 e. The van der Waals surface area contributed by atoms with Crippen LogP contribution in [0.2, 0.25) is 0 Å². The van der Waals surface area contributed by atoms with E-state index >= 15 is 0 Å². The molecule has 1 heteroatoms. The van der Waals surface area contributed by atoms with Gasteiger partial charge in [0.25, 0.3) is 0 Å². The van der Waals surface area contributed by atoms with E-state index in [0.717, 1.165) is 0 Å². The van der Waals surface area contributed by atoms with Gasteiger partial charge in [0, 0.05) is 15.0 Å². The van der Waals surface area contributed by atoms with Crippen molar-refractivity contribution in [3.63, 3.8) is 0 Å². The highest BCUT2D eigenvalue weighted by Crippen LogP contribution is 2.45. The van der Waals surface area contributed by atoms with Crippen molar-refractivity contribution in [3.05, 3.63) is 144 Å². The monoisotopic (exact) mass is 528 g/mol. The zero-order valence-corrected chi connectivity index (χ0v) is 23.2. The van der Waals surface area contributed by atoms with E-state index in [0.29, 0.717) is 0 Å². The number of fused-ring (bicyclic) bond motifs is 3. The first-order chi connectivity index (χ1) is 19.8. The fourth-order valence-electron chi connectivity index (χ4n) is 6.02. The Kier molecular flexibility index (Phi) is 6.15. The van der Waals surface area contributed by atoms with E-state index in [2.05, 4.69) is 147 Å². The molecule has 7 rings (SSSR count). The number of rotatable bonds is 5. The van der Waals surface area contributed by atoms with Gasteiger partial charge >= 0.3 is 0 Å². The molecule has 0 fully saturated rings. The molecule has 0 atom stereocenters. The van der Waals surface area contributed by atoms with Crippen molar-refractivity contribution in [1.29, 1.82) is 0 Å². The number of hydrogen-bond acceptors (Lipinski definition) is 1. The lowest BCUT2D eigenvalue weighted by molar-refractivity contribution is 1.61. The average molecular weight is 529 g/mol. The third-order valence-corrected chi connectivity index (χ3v) is 8.92. The van der Waals surface area contributed by atoms with E-state index in [1.165, 1.54) is 75.5 Å². The van der Waals surface area contributed by atoms with Gasteiger partial charge in [-0.3, -0.25) is 0 Å². The molecule has 0 aliphatic heterocycles. The Bertz CT molecular complexity index is 2020. The highest BCUT2D eigenvalue weighted by molar-refractivity contribution is 7.20. The summed E-state index contributed by atoms with van der Waals surface area (Å²) in [5, 5.41) is 6.37. The summed E-state index contributed by atoms with van der Waals surface area (Å²) in [6, 6.07) is 44.3. The second-order valence-corrected chi connectivity index (χ2v) is 11.2. The molecular formula is C39H28S. The molecule has 40 heavy (non-hydrogen) atoms. The zero-order chi connectivity index (χ0) is 27.1. The Morgan fingerprint density at radius 3 is 1.68 bits per heavy atom. The van der Waals surface area contributed by atoms with Crippen LogP contribution in [0.25, 0.3) is 77.2 Å². The highest BCUT2D eigenvalue weighted by Gasteiger charge is 2.18. The Hall–Kier alpha value is -4.72. The molecule has 0 radical (unpaired) electrons. The Morgan fingerprint density at radius 2 is 1.07 bits per heavy atom. The third kappa shape index (κ3) is 3.99. The van der Waals surface area contributed by atoms with Crippen LogP contribution in [-0.2, 0) is 0 Å². The standard InChI is InChI=1S/C39H28S/c1-3-13-30-31-23-22-29(25-37(31)40-36(30)4-2)39-34-20-10-8-18-32(34)38(33-19-9-11-21-35(33)39)28-17-12-16-27(24-28)26-14-6-5-7-15-26/h3-25H,2H2,1H3/b13-3-. The minimum atomic E-state index is 1.22. The fourth-order valence-corrected chi connectivity index (χ4v) is 7.10. The summed E-state index contributed by atoms with van der Waals surface area (Å²) in [5.74, 6) is 0. The molecule has 0 N–H and O–H groups in total. The van der Waals surface area contributed by atoms with Crippen molar-refractivity contribution in [3.8, 4) is 33.4 Å². The molecule has 1 heterocycles. The Morgan fingerprint density at radius 1 is 0.525 bits per heavy atom. The summed E-state index contributed by atoms with van der Waals surface area (Å²) in [6.07, 6.45) is 6.27. The van der Waals surface area contributed by atoms with Crippen LogP contribution in [-0.4, -0.2) is 0 Å². The van der Waals surface area contributed by atoms with Gasteiger partial charge in [0.1, 0.15) is 0 Å². The maximum atomic E-state index is 4.07. The van der Waals surface area contributed by atoms with Gasteiger partial charge in [-0.25, -0.2) is 0 Å². The molecule has 190 valence electrons. The molecule has 0 nitrogen and oxygen atoms in total. The van der Waals surface area contributed by atoms with Gasteiger partial charge in [0.05, 0.1) is 0 Å². The van der Waals surface area contributed by atoms with Crippen LogP contribution in [0, 0.1) is 0 Å². The van der Waals surface area contributed by atoms with Gasteiger partial charge in [0.2, 0.25) is 0 Å². The molecule has 0 bridgehead atoms. The van der Waals surface area contributed by atoms with E-state index in [1.807, 2.05) is 17.4 Å². The summed E-state index contributed by atoms with van der Waals surface area (Å²) in [6.45, 7) is 6.14. The quantitative estimate of drug-likeness (QED) is 0.195. The van der Waals surface area contributed by atoms with Crippen molar-refractivity contribution in [2.45, 2.75) is 6.92 Å². The number of hydrogen-bond donors (Lipinski definition) is 0.